The summed E-state index contributed by atoms with van der Waals surface area (Å²) in [6, 6.07) is 0.613. The fourth-order valence-electron chi connectivity index (χ4n) is 4.33. The molecular weight excluding hydrogens is 412 g/mol. The van der Waals surface area contributed by atoms with Crippen LogP contribution in [-0.4, -0.2) is 79.6 Å². The summed E-state index contributed by atoms with van der Waals surface area (Å²) >= 11 is 0. The number of hydrogen-bond acceptors (Lipinski definition) is 5. The maximum absolute atomic E-state index is 9.75. The molecule has 190 valence electrons. The Bertz CT molecular complexity index is 665. The van der Waals surface area contributed by atoms with Gasteiger partial charge in [-0.25, -0.2) is 0 Å². The topological polar surface area (TPSA) is 48.1 Å². The summed E-state index contributed by atoms with van der Waals surface area (Å²) in [5.74, 6) is 2.06. The van der Waals surface area contributed by atoms with Gasteiger partial charge >= 0.3 is 0 Å². The van der Waals surface area contributed by atoms with Gasteiger partial charge in [0.2, 0.25) is 6.41 Å². The molecule has 0 radical (unpaired) electrons. The maximum Gasteiger partial charge on any atom is 0.207 e. The van der Waals surface area contributed by atoms with Crippen LogP contribution in [0.5, 0.6) is 0 Å². The number of rotatable bonds is 4. The van der Waals surface area contributed by atoms with Crippen LogP contribution < -0.4 is 5.32 Å². The molecule has 6 nitrogen and oxygen atoms in total. The smallest absolute Gasteiger partial charge is 0.207 e. The van der Waals surface area contributed by atoms with Gasteiger partial charge in [-0.1, -0.05) is 39.0 Å². The van der Waals surface area contributed by atoms with E-state index in [2.05, 4.69) is 67.9 Å². The molecule has 3 fully saturated rings. The Hall–Kier alpha value is -1.69. The van der Waals surface area contributed by atoms with Crippen LogP contribution in [0.4, 0.5) is 0 Å². The molecule has 6 heteroatoms. The molecule has 1 saturated heterocycles. The molecule has 0 spiro atoms. The Balaban J connectivity index is 0.000000223. The van der Waals surface area contributed by atoms with Crippen molar-refractivity contribution in [1.29, 1.82) is 0 Å². The van der Waals surface area contributed by atoms with Gasteiger partial charge in [0.05, 0.1) is 12.2 Å². The summed E-state index contributed by atoms with van der Waals surface area (Å²) in [4.78, 5) is 16.9. The minimum absolute atomic E-state index is 0.182. The van der Waals surface area contributed by atoms with Crippen molar-refractivity contribution in [2.75, 3.05) is 46.9 Å². The molecule has 1 atom stereocenters. The molecule has 4 rings (SSSR count). The first-order valence-electron chi connectivity index (χ1n) is 13.0. The van der Waals surface area contributed by atoms with E-state index in [-0.39, 0.29) is 5.54 Å². The first-order valence-corrected chi connectivity index (χ1v) is 13.0. The Morgan fingerprint density at radius 2 is 1.76 bits per heavy atom. The summed E-state index contributed by atoms with van der Waals surface area (Å²) in [6.45, 7) is 16.1. The Morgan fingerprint density at radius 3 is 2.24 bits per heavy atom. The lowest BCUT2D eigenvalue weighted by Crippen LogP contribution is -2.49. The zero-order chi connectivity index (χ0) is 24.4. The molecule has 2 aliphatic heterocycles. The molecule has 0 aromatic rings. The summed E-state index contributed by atoms with van der Waals surface area (Å²) in [6.07, 6.45) is 12.7. The zero-order valence-electron chi connectivity index (χ0n) is 22.5. The molecule has 4 aliphatic rings. The van der Waals surface area contributed by atoms with Gasteiger partial charge in [0.1, 0.15) is 12.4 Å². The number of amides is 1. The number of nitrogens with zero attached hydrogens (tertiary/aromatic N) is 3. The number of hydrogen-bond donors (Lipinski definition) is 1. The average molecular weight is 463 g/mol. The van der Waals surface area contributed by atoms with Crippen LogP contribution in [0.15, 0.2) is 23.2 Å². The molecule has 2 heterocycles. The van der Waals surface area contributed by atoms with Gasteiger partial charge in [-0.2, -0.15) is 0 Å². The molecule has 0 aromatic heterocycles. The molecular formula is C27H50N4O2. The number of nitrogens with one attached hydrogen (secondary N) is 1. The molecule has 2 aliphatic carbocycles. The molecule has 1 N–H and O–H groups in total. The normalized spacial score (nSPS) is 25.8. The minimum atomic E-state index is 0.182. The Morgan fingerprint density at radius 1 is 1.09 bits per heavy atom. The second-order valence-corrected chi connectivity index (χ2v) is 10.8. The summed E-state index contributed by atoms with van der Waals surface area (Å²) in [5, 5.41) is 2.72. The van der Waals surface area contributed by atoms with Gasteiger partial charge < -0.3 is 24.8 Å². The van der Waals surface area contributed by atoms with Crippen LogP contribution in [0.25, 0.3) is 0 Å². The Kier molecular flexibility index (Phi) is 11.1. The number of carbonyl (C=O) groups is 1. The van der Waals surface area contributed by atoms with E-state index in [1.165, 1.54) is 43.5 Å². The van der Waals surface area contributed by atoms with E-state index in [9.17, 15) is 4.79 Å². The lowest BCUT2D eigenvalue weighted by atomic mass is 9.91. The van der Waals surface area contributed by atoms with Gasteiger partial charge in [-0.3, -0.25) is 4.79 Å². The average Bonchev–Trinajstić information content (AvgIpc) is 3.52. The number of likely N-dealkylation sites (N-methyl/N-ethyl adjacent to an activating group) is 2. The summed E-state index contributed by atoms with van der Waals surface area (Å²) < 4.78 is 5.79. The van der Waals surface area contributed by atoms with Crippen LogP contribution in [0.1, 0.15) is 79.6 Å². The molecule has 1 unspecified atom stereocenters. The highest BCUT2D eigenvalue weighted by molar-refractivity contribution is 5.48. The van der Waals surface area contributed by atoms with Crippen molar-refractivity contribution in [1.82, 2.24) is 20.0 Å². The van der Waals surface area contributed by atoms with Crippen LogP contribution in [0.3, 0.4) is 0 Å². The monoisotopic (exact) mass is 462 g/mol. The van der Waals surface area contributed by atoms with Crippen molar-refractivity contribution in [2.45, 2.75) is 91.1 Å². The molecule has 0 aromatic carbocycles. The van der Waals surface area contributed by atoms with Gasteiger partial charge in [0.15, 0.2) is 0 Å². The van der Waals surface area contributed by atoms with Crippen molar-refractivity contribution in [2.24, 2.45) is 5.92 Å². The van der Waals surface area contributed by atoms with Crippen molar-refractivity contribution in [3.8, 4) is 0 Å². The number of piperazine rings is 1. The van der Waals surface area contributed by atoms with Crippen LogP contribution in [-0.2, 0) is 9.53 Å². The third-order valence-electron chi connectivity index (χ3n) is 7.71. The number of ether oxygens (including phenoxy) is 1. The van der Waals surface area contributed by atoms with Crippen molar-refractivity contribution >= 4 is 6.41 Å². The largest absolute Gasteiger partial charge is 0.490 e. The van der Waals surface area contributed by atoms with Gasteiger partial charge in [0.25, 0.3) is 0 Å². The van der Waals surface area contributed by atoms with E-state index in [4.69, 9.17) is 4.74 Å². The van der Waals surface area contributed by atoms with Crippen molar-refractivity contribution < 1.29 is 9.53 Å². The van der Waals surface area contributed by atoms with E-state index in [0.29, 0.717) is 6.04 Å². The summed E-state index contributed by atoms with van der Waals surface area (Å²) in [5.41, 5.74) is 2.72. The second kappa shape index (κ2) is 13.3. The third-order valence-corrected chi connectivity index (χ3v) is 7.71. The highest BCUT2D eigenvalue weighted by Crippen LogP contribution is 2.33. The molecule has 2 saturated carbocycles. The number of carbonyl (C=O) groups excluding carboxylic acids is 1. The zero-order valence-corrected chi connectivity index (χ0v) is 22.5. The quantitative estimate of drug-likeness (QED) is 0.619. The van der Waals surface area contributed by atoms with Crippen LogP contribution in [0, 0.1) is 5.92 Å². The van der Waals surface area contributed by atoms with Crippen molar-refractivity contribution in [3.05, 3.63) is 23.2 Å². The lowest BCUT2D eigenvalue weighted by Gasteiger charge is -2.39. The molecule has 33 heavy (non-hydrogen) atoms. The van der Waals surface area contributed by atoms with Crippen LogP contribution in [0.2, 0.25) is 0 Å². The number of allylic oxidation sites excluding steroid dienone is 3. The van der Waals surface area contributed by atoms with Crippen LogP contribution >= 0.6 is 0 Å². The highest BCUT2D eigenvalue weighted by Gasteiger charge is 2.36. The van der Waals surface area contributed by atoms with E-state index in [1.807, 2.05) is 6.92 Å². The van der Waals surface area contributed by atoms with E-state index < -0.39 is 0 Å². The first kappa shape index (κ1) is 27.6. The fraction of sp³-hybridized carbons (Fsp3) is 0.815. The van der Waals surface area contributed by atoms with Gasteiger partial charge in [-0.15, -0.1) is 0 Å². The standard InChI is InChI=1S/C15H27N3O.C7H14.C5H9NO/c1-12(18-7-6-16(4)13(2)11-18)10-15-14(3)17(5)8-9-19-15;1-7-5-3-2-4-6-7;1-5(2-3-5)6-4-7/h10,13H,6-9,11H2,1-5H3;7H,2-6H2,1H3;4H,2-3H2,1H3,(H,6,7)/b12-10+;;. The van der Waals surface area contributed by atoms with E-state index in [1.54, 1.807) is 0 Å². The third kappa shape index (κ3) is 9.60. The van der Waals surface area contributed by atoms with Gasteiger partial charge in [0, 0.05) is 50.0 Å². The predicted octanol–water partition coefficient (Wildman–Crippen LogP) is 4.59. The second-order valence-electron chi connectivity index (χ2n) is 10.8. The fourth-order valence-corrected chi connectivity index (χ4v) is 4.33. The lowest BCUT2D eigenvalue weighted by molar-refractivity contribution is -0.110. The maximum atomic E-state index is 9.75. The summed E-state index contributed by atoms with van der Waals surface area (Å²) in [7, 11) is 4.33. The van der Waals surface area contributed by atoms with Gasteiger partial charge in [-0.05, 0) is 53.5 Å². The van der Waals surface area contributed by atoms with E-state index >= 15 is 0 Å². The molecule has 1 amide bonds. The predicted molar refractivity (Wildman–Crippen MR) is 138 cm³/mol. The van der Waals surface area contributed by atoms with Crippen molar-refractivity contribution in [3.63, 3.8) is 0 Å². The minimum Gasteiger partial charge on any atom is -0.490 e. The highest BCUT2D eigenvalue weighted by atomic mass is 16.5. The first-order chi connectivity index (χ1) is 15.6. The SMILES string of the molecule is CC1(NC=O)CC1.CC1=C(/C=C(\C)N2CCN(C)C(C)C2)OCCN1C.CC1CCCCC1. The van der Waals surface area contributed by atoms with E-state index in [0.717, 1.165) is 63.7 Å². The Labute approximate surface area is 203 Å². The molecule has 0 bridgehead atoms.